The third kappa shape index (κ3) is 4.31. The van der Waals surface area contributed by atoms with Gasteiger partial charge >= 0.3 is 0 Å². The first-order valence-corrected chi connectivity index (χ1v) is 6.54. The highest BCUT2D eigenvalue weighted by Crippen LogP contribution is 2.25. The van der Waals surface area contributed by atoms with Crippen molar-refractivity contribution in [3.63, 3.8) is 0 Å². The summed E-state index contributed by atoms with van der Waals surface area (Å²) in [5, 5.41) is 4.54. The van der Waals surface area contributed by atoms with E-state index in [1.165, 1.54) is 24.1 Å². The van der Waals surface area contributed by atoms with Gasteiger partial charge in [-0.3, -0.25) is 0 Å². The van der Waals surface area contributed by atoms with Crippen LogP contribution in [-0.2, 0) is 0 Å². The van der Waals surface area contributed by atoms with Crippen molar-refractivity contribution in [3.8, 4) is 0 Å². The first kappa shape index (κ1) is 12.7. The van der Waals surface area contributed by atoms with Gasteiger partial charge in [-0.05, 0) is 26.3 Å². The largest absolute Gasteiger partial charge is 0.312 e. The van der Waals surface area contributed by atoms with Crippen LogP contribution in [0.15, 0.2) is 6.20 Å². The Bertz CT molecular complexity index is 281. The summed E-state index contributed by atoms with van der Waals surface area (Å²) < 4.78 is 0. The van der Waals surface area contributed by atoms with Crippen LogP contribution in [0, 0.1) is 12.8 Å². The Balaban J connectivity index is 2.42. The van der Waals surface area contributed by atoms with Crippen molar-refractivity contribution < 1.29 is 0 Å². The molecule has 1 heterocycles. The molecule has 0 aliphatic rings. The molecule has 0 aliphatic heterocycles. The lowest BCUT2D eigenvalue weighted by atomic mass is 10.0. The molecule has 0 amide bonds. The number of aromatic nitrogens is 1. The molecular weight excluding hydrogens is 204 g/mol. The fourth-order valence-corrected chi connectivity index (χ4v) is 2.63. The summed E-state index contributed by atoms with van der Waals surface area (Å²) in [5.74, 6) is 0.811. The van der Waals surface area contributed by atoms with Crippen molar-refractivity contribution >= 4 is 11.3 Å². The third-order valence-electron chi connectivity index (χ3n) is 2.61. The van der Waals surface area contributed by atoms with Crippen LogP contribution in [0.2, 0.25) is 0 Å². The highest BCUT2D eigenvalue weighted by Gasteiger charge is 2.11. The minimum atomic E-state index is 0.495. The molecule has 1 rings (SSSR count). The summed E-state index contributed by atoms with van der Waals surface area (Å²) in [4.78, 5) is 5.68. The molecule has 0 aliphatic carbocycles. The average Bonchev–Trinajstić information content (AvgIpc) is 2.59. The van der Waals surface area contributed by atoms with Crippen LogP contribution in [-0.4, -0.2) is 12.0 Å². The first-order valence-electron chi connectivity index (χ1n) is 5.73. The summed E-state index contributed by atoms with van der Waals surface area (Å²) in [7, 11) is 2.04. The molecule has 1 N–H and O–H groups in total. The predicted molar refractivity (Wildman–Crippen MR) is 67.3 cm³/mol. The molecule has 0 aromatic carbocycles. The Labute approximate surface area is 97.1 Å². The Hall–Kier alpha value is -0.410. The lowest BCUT2D eigenvalue weighted by Crippen LogP contribution is -2.15. The molecule has 3 heteroatoms. The van der Waals surface area contributed by atoms with Crippen LogP contribution >= 0.6 is 11.3 Å². The maximum atomic E-state index is 4.31. The molecule has 0 saturated carbocycles. The fourth-order valence-electron chi connectivity index (χ4n) is 1.70. The van der Waals surface area contributed by atoms with Crippen LogP contribution in [0.5, 0.6) is 0 Å². The number of nitrogens with zero attached hydrogens (tertiary/aromatic N) is 1. The highest BCUT2D eigenvalue weighted by atomic mass is 32.1. The van der Waals surface area contributed by atoms with E-state index in [1.807, 2.05) is 13.2 Å². The topological polar surface area (TPSA) is 24.9 Å². The zero-order valence-electron chi connectivity index (χ0n) is 10.2. The zero-order chi connectivity index (χ0) is 11.3. The van der Waals surface area contributed by atoms with E-state index in [0.29, 0.717) is 6.04 Å². The average molecular weight is 226 g/mol. The molecule has 0 saturated heterocycles. The molecule has 15 heavy (non-hydrogen) atoms. The van der Waals surface area contributed by atoms with Crippen molar-refractivity contribution in [1.29, 1.82) is 0 Å². The van der Waals surface area contributed by atoms with Gasteiger partial charge < -0.3 is 5.32 Å². The van der Waals surface area contributed by atoms with Crippen LogP contribution in [0.25, 0.3) is 0 Å². The number of hydrogen-bond acceptors (Lipinski definition) is 3. The third-order valence-corrected chi connectivity index (χ3v) is 3.63. The van der Waals surface area contributed by atoms with Crippen molar-refractivity contribution in [2.24, 2.45) is 5.92 Å². The molecule has 86 valence electrons. The molecule has 0 bridgehead atoms. The Morgan fingerprint density at radius 1 is 1.40 bits per heavy atom. The van der Waals surface area contributed by atoms with Gasteiger partial charge in [0, 0.05) is 17.1 Å². The van der Waals surface area contributed by atoms with Gasteiger partial charge in [0.2, 0.25) is 0 Å². The van der Waals surface area contributed by atoms with Crippen molar-refractivity contribution in [3.05, 3.63) is 16.1 Å². The SMILES string of the molecule is CNC(CCCC(C)C)c1cnc(C)s1. The number of rotatable bonds is 6. The van der Waals surface area contributed by atoms with Crippen molar-refractivity contribution in [2.75, 3.05) is 7.05 Å². The normalized spacial score (nSPS) is 13.4. The minimum absolute atomic E-state index is 0.495. The maximum Gasteiger partial charge on any atom is 0.0897 e. The summed E-state index contributed by atoms with van der Waals surface area (Å²) in [6, 6.07) is 0.495. The summed E-state index contributed by atoms with van der Waals surface area (Å²) in [5.41, 5.74) is 0. The van der Waals surface area contributed by atoms with Crippen LogP contribution in [0.3, 0.4) is 0 Å². The van der Waals surface area contributed by atoms with Gasteiger partial charge in [0.25, 0.3) is 0 Å². The number of nitrogens with one attached hydrogen (secondary N) is 1. The van der Waals surface area contributed by atoms with E-state index >= 15 is 0 Å². The lowest BCUT2D eigenvalue weighted by Gasteiger charge is -2.14. The first-order chi connectivity index (χ1) is 7.13. The highest BCUT2D eigenvalue weighted by molar-refractivity contribution is 7.11. The van der Waals surface area contributed by atoms with Gasteiger partial charge in [0.15, 0.2) is 0 Å². The molecule has 2 nitrogen and oxygen atoms in total. The summed E-state index contributed by atoms with van der Waals surface area (Å²) >= 11 is 1.81. The smallest absolute Gasteiger partial charge is 0.0897 e. The second-order valence-corrected chi connectivity index (χ2v) is 5.71. The van der Waals surface area contributed by atoms with E-state index < -0.39 is 0 Å². The van der Waals surface area contributed by atoms with Crippen molar-refractivity contribution in [2.45, 2.75) is 46.1 Å². The lowest BCUT2D eigenvalue weighted by molar-refractivity contribution is 0.474. The van der Waals surface area contributed by atoms with E-state index in [4.69, 9.17) is 0 Å². The molecule has 1 aromatic rings. The summed E-state index contributed by atoms with van der Waals surface area (Å²) in [6.45, 7) is 6.63. The van der Waals surface area contributed by atoms with Crippen molar-refractivity contribution in [1.82, 2.24) is 10.3 Å². The molecule has 1 atom stereocenters. The van der Waals surface area contributed by atoms with Gasteiger partial charge in [0.1, 0.15) is 0 Å². The molecule has 0 radical (unpaired) electrons. The molecular formula is C12H22N2S. The Kier molecular flexibility index (Phi) is 5.26. The molecule has 1 unspecified atom stereocenters. The van der Waals surface area contributed by atoms with E-state index in [2.05, 4.69) is 31.1 Å². The molecule has 0 fully saturated rings. The van der Waals surface area contributed by atoms with Gasteiger partial charge in [-0.2, -0.15) is 0 Å². The Morgan fingerprint density at radius 3 is 2.60 bits per heavy atom. The van der Waals surface area contributed by atoms with E-state index in [0.717, 1.165) is 10.9 Å². The standard InChI is InChI=1S/C12H22N2S/c1-9(2)6-5-7-11(13-4)12-8-14-10(3)15-12/h8-9,11,13H,5-7H2,1-4H3. The van der Waals surface area contributed by atoms with E-state index in [9.17, 15) is 0 Å². The number of thiazole rings is 1. The van der Waals surface area contributed by atoms with Crippen LogP contribution in [0.4, 0.5) is 0 Å². The maximum absolute atomic E-state index is 4.31. The van der Waals surface area contributed by atoms with E-state index in [1.54, 1.807) is 11.3 Å². The minimum Gasteiger partial charge on any atom is -0.312 e. The summed E-state index contributed by atoms with van der Waals surface area (Å²) in [6.07, 6.45) is 5.84. The number of aryl methyl sites for hydroxylation is 1. The van der Waals surface area contributed by atoms with Crippen LogP contribution in [0.1, 0.15) is 49.0 Å². The monoisotopic (exact) mass is 226 g/mol. The van der Waals surface area contributed by atoms with E-state index in [-0.39, 0.29) is 0 Å². The van der Waals surface area contributed by atoms with Gasteiger partial charge in [-0.25, -0.2) is 4.98 Å². The van der Waals surface area contributed by atoms with Crippen LogP contribution < -0.4 is 5.32 Å². The second-order valence-electron chi connectivity index (χ2n) is 4.45. The Morgan fingerprint density at radius 2 is 2.13 bits per heavy atom. The fraction of sp³-hybridized carbons (Fsp3) is 0.750. The second kappa shape index (κ2) is 6.23. The van der Waals surface area contributed by atoms with Gasteiger partial charge in [-0.1, -0.05) is 26.7 Å². The molecule has 0 spiro atoms. The molecule has 1 aromatic heterocycles. The van der Waals surface area contributed by atoms with Gasteiger partial charge in [0.05, 0.1) is 5.01 Å². The van der Waals surface area contributed by atoms with Gasteiger partial charge in [-0.15, -0.1) is 11.3 Å². The number of hydrogen-bond donors (Lipinski definition) is 1. The zero-order valence-corrected chi connectivity index (χ0v) is 11.0. The quantitative estimate of drug-likeness (QED) is 0.802. The predicted octanol–water partition coefficient (Wildman–Crippen LogP) is 3.54.